The highest BCUT2D eigenvalue weighted by molar-refractivity contribution is 6.02. The number of ketones is 1. The van der Waals surface area contributed by atoms with Gasteiger partial charge in [0.1, 0.15) is 17.4 Å². The van der Waals surface area contributed by atoms with E-state index in [9.17, 15) is 18.7 Å². The fourth-order valence-corrected chi connectivity index (χ4v) is 1.81. The lowest BCUT2D eigenvalue weighted by molar-refractivity contribution is -0.110. The van der Waals surface area contributed by atoms with Crippen molar-refractivity contribution in [1.82, 2.24) is 0 Å². The van der Waals surface area contributed by atoms with Crippen LogP contribution in [-0.2, 0) is 4.79 Å². The van der Waals surface area contributed by atoms with Gasteiger partial charge >= 0.3 is 0 Å². The van der Waals surface area contributed by atoms with E-state index in [2.05, 4.69) is 0 Å². The van der Waals surface area contributed by atoms with Crippen LogP contribution in [0.2, 0.25) is 0 Å². The van der Waals surface area contributed by atoms with Crippen LogP contribution in [-0.4, -0.2) is 10.9 Å². The molecule has 0 heterocycles. The number of aliphatic hydroxyl groups is 1. The lowest BCUT2D eigenvalue weighted by atomic mass is 10.1. The molecule has 0 aliphatic heterocycles. The number of halogens is 2. The second kappa shape index (κ2) is 7.84. The van der Waals surface area contributed by atoms with E-state index in [0.717, 1.165) is 12.2 Å². The van der Waals surface area contributed by atoms with Gasteiger partial charge in [-0.05, 0) is 36.4 Å². The Morgan fingerprint density at radius 3 is 1.83 bits per heavy atom. The summed E-state index contributed by atoms with van der Waals surface area (Å²) in [4.78, 5) is 11.7. The zero-order chi connectivity index (χ0) is 16.7. The molecule has 0 saturated heterocycles. The second-order valence-electron chi connectivity index (χ2n) is 4.68. The normalized spacial score (nSPS) is 12.2. The van der Waals surface area contributed by atoms with Crippen molar-refractivity contribution >= 4 is 17.9 Å². The van der Waals surface area contributed by atoms with Gasteiger partial charge in [0, 0.05) is 17.2 Å². The number of hydrogen-bond donors (Lipinski definition) is 1. The Morgan fingerprint density at radius 2 is 1.30 bits per heavy atom. The van der Waals surface area contributed by atoms with Crippen molar-refractivity contribution in [3.63, 3.8) is 0 Å². The number of benzene rings is 2. The van der Waals surface area contributed by atoms with Crippen molar-refractivity contribution in [2.75, 3.05) is 0 Å². The van der Waals surface area contributed by atoms with Crippen molar-refractivity contribution in [3.8, 4) is 0 Å². The summed E-state index contributed by atoms with van der Waals surface area (Å²) in [5.41, 5.74) is 0.567. The molecule has 0 unspecified atom stereocenters. The van der Waals surface area contributed by atoms with E-state index >= 15 is 0 Å². The smallest absolute Gasteiger partial charge is 0.182 e. The molecule has 2 aromatic rings. The molecule has 0 aliphatic rings. The van der Waals surface area contributed by atoms with Crippen LogP contribution in [0.25, 0.3) is 12.2 Å². The van der Waals surface area contributed by atoms with Crippen LogP contribution in [0.3, 0.4) is 0 Å². The fourth-order valence-electron chi connectivity index (χ4n) is 1.81. The van der Waals surface area contributed by atoms with Crippen LogP contribution >= 0.6 is 0 Å². The molecule has 2 aromatic carbocycles. The Bertz CT molecular complexity index is 789. The first-order chi connectivity index (χ1) is 11.1. The van der Waals surface area contributed by atoms with Gasteiger partial charge in [0.15, 0.2) is 5.78 Å². The van der Waals surface area contributed by atoms with Gasteiger partial charge in [-0.1, -0.05) is 36.4 Å². The lowest BCUT2D eigenvalue weighted by Gasteiger charge is -1.96. The van der Waals surface area contributed by atoms with Crippen molar-refractivity contribution in [1.29, 1.82) is 0 Å². The molecule has 116 valence electrons. The number of rotatable bonds is 5. The third-order valence-electron chi connectivity index (χ3n) is 2.96. The summed E-state index contributed by atoms with van der Waals surface area (Å²) >= 11 is 0. The summed E-state index contributed by atoms with van der Waals surface area (Å²) < 4.78 is 26.8. The standard InChI is InChI=1S/C19H14F2O2/c20-18-7-3-1-5-14(18)9-11-16(22)13-17(23)12-10-15-6-2-4-8-19(15)21/h1-13,22H/b11-9+,12-10+,16-13+. The fraction of sp³-hybridized carbons (Fsp3) is 0. The van der Waals surface area contributed by atoms with Gasteiger partial charge in [0.05, 0.1) is 0 Å². The van der Waals surface area contributed by atoms with Gasteiger partial charge in [-0.2, -0.15) is 0 Å². The zero-order valence-electron chi connectivity index (χ0n) is 12.1. The first-order valence-electron chi connectivity index (χ1n) is 6.86. The minimum Gasteiger partial charge on any atom is -0.508 e. The Balaban J connectivity index is 2.04. The van der Waals surface area contributed by atoms with Crippen molar-refractivity contribution < 1.29 is 18.7 Å². The molecular formula is C19H14F2O2. The lowest BCUT2D eigenvalue weighted by Crippen LogP contribution is -1.89. The Labute approximate surface area is 132 Å². The molecule has 2 rings (SSSR count). The van der Waals surface area contributed by atoms with Crippen LogP contribution in [0.4, 0.5) is 8.78 Å². The molecule has 0 fully saturated rings. The first-order valence-corrected chi connectivity index (χ1v) is 6.86. The number of aliphatic hydroxyl groups excluding tert-OH is 1. The predicted octanol–water partition coefficient (Wildman–Crippen LogP) is 4.70. The third-order valence-corrected chi connectivity index (χ3v) is 2.96. The molecule has 4 heteroatoms. The Kier molecular flexibility index (Phi) is 5.58. The molecule has 0 amide bonds. The van der Waals surface area contributed by atoms with E-state index in [1.54, 1.807) is 30.3 Å². The van der Waals surface area contributed by atoms with Crippen LogP contribution < -0.4 is 0 Å². The highest BCUT2D eigenvalue weighted by Gasteiger charge is 1.99. The third kappa shape index (κ3) is 5.04. The van der Waals surface area contributed by atoms with Crippen molar-refractivity contribution in [2.45, 2.75) is 0 Å². The summed E-state index contributed by atoms with van der Waals surface area (Å²) in [6, 6.07) is 12.1. The van der Waals surface area contributed by atoms with Crippen LogP contribution in [0.5, 0.6) is 0 Å². The molecule has 23 heavy (non-hydrogen) atoms. The highest BCUT2D eigenvalue weighted by atomic mass is 19.1. The van der Waals surface area contributed by atoms with Crippen LogP contribution in [0.1, 0.15) is 11.1 Å². The van der Waals surface area contributed by atoms with E-state index < -0.39 is 17.4 Å². The Morgan fingerprint density at radius 1 is 0.826 bits per heavy atom. The summed E-state index contributed by atoms with van der Waals surface area (Å²) in [6.45, 7) is 0. The summed E-state index contributed by atoms with van der Waals surface area (Å²) in [5.74, 6) is -1.70. The molecular weight excluding hydrogens is 298 g/mol. The Hall–Kier alpha value is -3.01. The minimum atomic E-state index is -0.510. The highest BCUT2D eigenvalue weighted by Crippen LogP contribution is 2.10. The molecule has 2 nitrogen and oxygen atoms in total. The SMILES string of the molecule is O=C(/C=C/c1ccccc1F)/C=C(O)\C=C\c1ccccc1F. The maximum atomic E-state index is 13.4. The number of hydrogen-bond acceptors (Lipinski definition) is 2. The van der Waals surface area contributed by atoms with Gasteiger partial charge in [0.25, 0.3) is 0 Å². The maximum absolute atomic E-state index is 13.4. The predicted molar refractivity (Wildman–Crippen MR) is 86.6 cm³/mol. The molecule has 0 aromatic heterocycles. The van der Waals surface area contributed by atoms with Gasteiger partial charge in [-0.25, -0.2) is 8.78 Å². The quantitative estimate of drug-likeness (QED) is 0.493. The van der Waals surface area contributed by atoms with Gasteiger partial charge in [-0.15, -0.1) is 0 Å². The monoisotopic (exact) mass is 312 g/mol. The molecule has 0 radical (unpaired) electrons. The zero-order valence-corrected chi connectivity index (χ0v) is 12.1. The summed E-state index contributed by atoms with van der Waals surface area (Å²) in [6.07, 6.45) is 6.00. The average molecular weight is 312 g/mol. The van der Waals surface area contributed by atoms with E-state index in [1.165, 1.54) is 36.4 Å². The molecule has 0 saturated carbocycles. The topological polar surface area (TPSA) is 37.3 Å². The van der Waals surface area contributed by atoms with Gasteiger partial charge in [0.2, 0.25) is 0 Å². The van der Waals surface area contributed by atoms with Crippen LogP contribution in [0, 0.1) is 11.6 Å². The van der Waals surface area contributed by atoms with Gasteiger partial charge < -0.3 is 5.11 Å². The molecule has 0 bridgehead atoms. The molecule has 1 N–H and O–H groups in total. The molecule has 0 atom stereocenters. The molecule has 0 spiro atoms. The summed E-state index contributed by atoms with van der Waals surface area (Å²) in [5, 5.41) is 9.65. The second-order valence-corrected chi connectivity index (χ2v) is 4.68. The number of carbonyl (C=O) groups is 1. The van der Waals surface area contributed by atoms with Crippen molar-refractivity contribution in [2.24, 2.45) is 0 Å². The van der Waals surface area contributed by atoms with E-state index in [0.29, 0.717) is 5.56 Å². The largest absolute Gasteiger partial charge is 0.508 e. The van der Waals surface area contributed by atoms with Crippen LogP contribution in [0.15, 0.2) is 72.5 Å². The molecule has 0 aliphatic carbocycles. The number of allylic oxidation sites excluding steroid dienone is 3. The van der Waals surface area contributed by atoms with Gasteiger partial charge in [-0.3, -0.25) is 4.79 Å². The van der Waals surface area contributed by atoms with Crippen molar-refractivity contribution in [3.05, 3.63) is 95.3 Å². The summed E-state index contributed by atoms with van der Waals surface area (Å²) in [7, 11) is 0. The van der Waals surface area contributed by atoms with E-state index in [1.807, 2.05) is 0 Å². The van der Waals surface area contributed by atoms with E-state index in [-0.39, 0.29) is 11.3 Å². The number of carbonyl (C=O) groups excluding carboxylic acids is 1. The van der Waals surface area contributed by atoms with E-state index in [4.69, 9.17) is 0 Å². The minimum absolute atomic E-state index is 0.274. The average Bonchev–Trinajstić information content (AvgIpc) is 2.53. The first kappa shape index (κ1) is 16.4. The maximum Gasteiger partial charge on any atom is 0.182 e.